The van der Waals surface area contributed by atoms with Crippen LogP contribution in [0.25, 0.3) is 0 Å². The summed E-state index contributed by atoms with van der Waals surface area (Å²) in [6, 6.07) is 11.1. The normalized spacial score (nSPS) is 9.44. The Morgan fingerprint density at radius 3 is 2.94 bits per heavy atom. The standard InChI is InChI=1S/C12H10N4/c13-7-9-2-1-3-10(6-9)16-12-4-5-15-8-11(12)14/h1-6,8H,14H2,(H,15,16). The third-order valence-electron chi connectivity index (χ3n) is 2.12. The maximum atomic E-state index is 8.77. The molecule has 0 aliphatic rings. The van der Waals surface area contributed by atoms with Crippen molar-refractivity contribution in [3.05, 3.63) is 48.3 Å². The summed E-state index contributed by atoms with van der Waals surface area (Å²) in [6.45, 7) is 0. The number of nitrogen functional groups attached to an aromatic ring is 1. The highest BCUT2D eigenvalue weighted by Gasteiger charge is 1.99. The van der Waals surface area contributed by atoms with Crippen molar-refractivity contribution in [2.24, 2.45) is 0 Å². The maximum absolute atomic E-state index is 8.77. The van der Waals surface area contributed by atoms with Gasteiger partial charge in [0.05, 0.1) is 29.2 Å². The van der Waals surface area contributed by atoms with E-state index in [1.807, 2.05) is 12.1 Å². The number of benzene rings is 1. The van der Waals surface area contributed by atoms with E-state index in [2.05, 4.69) is 16.4 Å². The molecule has 0 aliphatic carbocycles. The minimum absolute atomic E-state index is 0.574. The van der Waals surface area contributed by atoms with Gasteiger partial charge in [-0.05, 0) is 24.3 Å². The molecule has 0 atom stereocenters. The van der Waals surface area contributed by atoms with Crippen molar-refractivity contribution in [2.75, 3.05) is 11.1 Å². The van der Waals surface area contributed by atoms with Gasteiger partial charge < -0.3 is 11.1 Å². The lowest BCUT2D eigenvalue weighted by Gasteiger charge is -2.08. The number of anilines is 3. The third-order valence-corrected chi connectivity index (χ3v) is 2.12. The molecule has 0 unspecified atom stereocenters. The molecule has 2 aromatic rings. The topological polar surface area (TPSA) is 74.7 Å². The molecule has 1 aromatic carbocycles. The molecule has 0 aliphatic heterocycles. The first-order valence-corrected chi connectivity index (χ1v) is 4.76. The van der Waals surface area contributed by atoms with Gasteiger partial charge in [0, 0.05) is 11.9 Å². The summed E-state index contributed by atoms with van der Waals surface area (Å²) in [4.78, 5) is 3.90. The molecule has 16 heavy (non-hydrogen) atoms. The second-order valence-electron chi connectivity index (χ2n) is 3.28. The van der Waals surface area contributed by atoms with Crippen molar-refractivity contribution in [3.8, 4) is 6.07 Å². The molecule has 2 rings (SSSR count). The predicted molar refractivity (Wildman–Crippen MR) is 63.1 cm³/mol. The van der Waals surface area contributed by atoms with E-state index in [1.165, 1.54) is 0 Å². The van der Waals surface area contributed by atoms with Gasteiger partial charge in [-0.15, -0.1) is 0 Å². The monoisotopic (exact) mass is 210 g/mol. The van der Waals surface area contributed by atoms with Crippen molar-refractivity contribution < 1.29 is 0 Å². The van der Waals surface area contributed by atoms with E-state index in [4.69, 9.17) is 11.0 Å². The average Bonchev–Trinajstić information content (AvgIpc) is 2.32. The fraction of sp³-hybridized carbons (Fsp3) is 0. The van der Waals surface area contributed by atoms with E-state index < -0.39 is 0 Å². The smallest absolute Gasteiger partial charge is 0.0992 e. The molecular weight excluding hydrogens is 200 g/mol. The summed E-state index contributed by atoms with van der Waals surface area (Å²) in [5, 5.41) is 11.9. The van der Waals surface area contributed by atoms with Gasteiger partial charge in [0.15, 0.2) is 0 Å². The molecule has 0 saturated carbocycles. The lowest BCUT2D eigenvalue weighted by atomic mass is 10.2. The number of nitrogens with two attached hydrogens (primary N) is 1. The van der Waals surface area contributed by atoms with Crippen LogP contribution in [0, 0.1) is 11.3 Å². The lowest BCUT2D eigenvalue weighted by Crippen LogP contribution is -1.96. The summed E-state index contributed by atoms with van der Waals surface area (Å²) in [6.07, 6.45) is 3.24. The number of rotatable bonds is 2. The molecule has 1 heterocycles. The summed E-state index contributed by atoms with van der Waals surface area (Å²) in [5.41, 5.74) is 8.54. The molecule has 0 spiro atoms. The molecule has 0 saturated heterocycles. The summed E-state index contributed by atoms with van der Waals surface area (Å²) >= 11 is 0. The first-order valence-electron chi connectivity index (χ1n) is 4.76. The van der Waals surface area contributed by atoms with Crippen molar-refractivity contribution in [3.63, 3.8) is 0 Å². The Balaban J connectivity index is 2.28. The molecule has 4 nitrogen and oxygen atoms in total. The number of nitrogens with one attached hydrogen (secondary N) is 1. The SMILES string of the molecule is N#Cc1cccc(Nc2ccncc2N)c1. The minimum Gasteiger partial charge on any atom is -0.396 e. The Hall–Kier alpha value is -2.54. The van der Waals surface area contributed by atoms with Crippen LogP contribution in [0.1, 0.15) is 5.56 Å². The van der Waals surface area contributed by atoms with Gasteiger partial charge in [-0.3, -0.25) is 4.98 Å². The number of aromatic nitrogens is 1. The fourth-order valence-electron chi connectivity index (χ4n) is 1.34. The molecule has 0 amide bonds. The zero-order valence-corrected chi connectivity index (χ0v) is 8.51. The average molecular weight is 210 g/mol. The molecule has 3 N–H and O–H groups in total. The highest BCUT2D eigenvalue weighted by Crippen LogP contribution is 2.21. The number of hydrogen-bond acceptors (Lipinski definition) is 4. The zero-order chi connectivity index (χ0) is 11.4. The third kappa shape index (κ3) is 2.10. The molecule has 0 bridgehead atoms. The highest BCUT2D eigenvalue weighted by molar-refractivity contribution is 5.71. The van der Waals surface area contributed by atoms with Gasteiger partial charge >= 0.3 is 0 Å². The molecule has 1 aromatic heterocycles. The lowest BCUT2D eigenvalue weighted by molar-refractivity contribution is 1.33. The second-order valence-corrected chi connectivity index (χ2v) is 3.28. The molecular formula is C12H10N4. The van der Waals surface area contributed by atoms with Crippen molar-refractivity contribution in [1.82, 2.24) is 4.98 Å². The van der Waals surface area contributed by atoms with Crippen LogP contribution >= 0.6 is 0 Å². The Labute approximate surface area is 93.4 Å². The van der Waals surface area contributed by atoms with Gasteiger partial charge in [0.25, 0.3) is 0 Å². The first kappa shape index (κ1) is 9.99. The van der Waals surface area contributed by atoms with E-state index in [1.54, 1.807) is 30.6 Å². The fourth-order valence-corrected chi connectivity index (χ4v) is 1.34. The maximum Gasteiger partial charge on any atom is 0.0992 e. The second kappa shape index (κ2) is 4.32. The van der Waals surface area contributed by atoms with Crippen LogP contribution in [-0.4, -0.2) is 4.98 Å². The number of pyridine rings is 1. The van der Waals surface area contributed by atoms with Crippen LogP contribution < -0.4 is 11.1 Å². The highest BCUT2D eigenvalue weighted by atomic mass is 14.9. The number of nitrogens with zero attached hydrogens (tertiary/aromatic N) is 2. The van der Waals surface area contributed by atoms with E-state index >= 15 is 0 Å². The van der Waals surface area contributed by atoms with Gasteiger partial charge in [-0.25, -0.2) is 0 Å². The first-order chi connectivity index (χ1) is 7.79. The minimum atomic E-state index is 0.574. The van der Waals surface area contributed by atoms with Crippen molar-refractivity contribution >= 4 is 17.1 Å². The van der Waals surface area contributed by atoms with Gasteiger partial charge in [0.1, 0.15) is 0 Å². The molecule has 4 heteroatoms. The van der Waals surface area contributed by atoms with Crippen LogP contribution in [0.4, 0.5) is 17.1 Å². The molecule has 0 fully saturated rings. The Kier molecular flexibility index (Phi) is 2.70. The summed E-state index contributed by atoms with van der Waals surface area (Å²) in [5.74, 6) is 0. The van der Waals surface area contributed by atoms with E-state index in [0.717, 1.165) is 11.4 Å². The summed E-state index contributed by atoms with van der Waals surface area (Å²) in [7, 11) is 0. The van der Waals surface area contributed by atoms with Gasteiger partial charge in [-0.1, -0.05) is 6.07 Å². The van der Waals surface area contributed by atoms with Crippen LogP contribution in [0.2, 0.25) is 0 Å². The van der Waals surface area contributed by atoms with Crippen LogP contribution in [0.3, 0.4) is 0 Å². The quantitative estimate of drug-likeness (QED) is 0.797. The Morgan fingerprint density at radius 1 is 1.31 bits per heavy atom. The Morgan fingerprint density at radius 2 is 2.19 bits per heavy atom. The van der Waals surface area contributed by atoms with Crippen LogP contribution in [0.5, 0.6) is 0 Å². The summed E-state index contributed by atoms with van der Waals surface area (Å²) < 4.78 is 0. The zero-order valence-electron chi connectivity index (χ0n) is 8.51. The van der Waals surface area contributed by atoms with Crippen LogP contribution in [-0.2, 0) is 0 Å². The largest absolute Gasteiger partial charge is 0.396 e. The van der Waals surface area contributed by atoms with Crippen molar-refractivity contribution in [1.29, 1.82) is 5.26 Å². The molecule has 78 valence electrons. The van der Waals surface area contributed by atoms with Gasteiger partial charge in [0.2, 0.25) is 0 Å². The van der Waals surface area contributed by atoms with E-state index in [0.29, 0.717) is 11.3 Å². The molecule has 0 radical (unpaired) electrons. The van der Waals surface area contributed by atoms with E-state index in [9.17, 15) is 0 Å². The Bertz CT molecular complexity index is 543. The van der Waals surface area contributed by atoms with Crippen molar-refractivity contribution in [2.45, 2.75) is 0 Å². The van der Waals surface area contributed by atoms with Gasteiger partial charge in [-0.2, -0.15) is 5.26 Å². The number of hydrogen-bond donors (Lipinski definition) is 2. The van der Waals surface area contributed by atoms with Crippen LogP contribution in [0.15, 0.2) is 42.7 Å². The van der Waals surface area contributed by atoms with E-state index in [-0.39, 0.29) is 0 Å². The number of nitriles is 1. The predicted octanol–water partition coefficient (Wildman–Crippen LogP) is 2.28.